The van der Waals surface area contributed by atoms with E-state index in [2.05, 4.69) is 9.71 Å². The molecule has 0 radical (unpaired) electrons. The van der Waals surface area contributed by atoms with Crippen LogP contribution in [-0.2, 0) is 10.0 Å². The van der Waals surface area contributed by atoms with Crippen LogP contribution in [0.2, 0.25) is 8.67 Å². The first kappa shape index (κ1) is 14.4. The molecule has 0 atom stereocenters. The molecule has 9 heteroatoms. The minimum Gasteiger partial charge on any atom is -0.481 e. The summed E-state index contributed by atoms with van der Waals surface area (Å²) in [6, 6.07) is 4.37. The number of aromatic nitrogens is 1. The first-order chi connectivity index (χ1) is 8.92. The summed E-state index contributed by atoms with van der Waals surface area (Å²) in [5.41, 5.74) is 0.305. The molecule has 0 saturated heterocycles. The van der Waals surface area contributed by atoms with Gasteiger partial charge in [-0.15, -0.1) is 11.3 Å². The van der Waals surface area contributed by atoms with Crippen LogP contribution in [0.4, 0.5) is 5.69 Å². The highest BCUT2D eigenvalue weighted by atomic mass is 35.5. The molecule has 5 nitrogen and oxygen atoms in total. The molecule has 0 spiro atoms. The highest BCUT2D eigenvalue weighted by Crippen LogP contribution is 2.35. The Labute approximate surface area is 124 Å². The van der Waals surface area contributed by atoms with Crippen LogP contribution in [0, 0.1) is 0 Å². The van der Waals surface area contributed by atoms with Gasteiger partial charge in [0, 0.05) is 6.07 Å². The molecule has 2 aromatic heterocycles. The van der Waals surface area contributed by atoms with Crippen LogP contribution in [0.5, 0.6) is 5.88 Å². The maximum atomic E-state index is 12.1. The van der Waals surface area contributed by atoms with Crippen LogP contribution in [-0.4, -0.2) is 20.5 Å². The van der Waals surface area contributed by atoms with Crippen LogP contribution in [0.25, 0.3) is 0 Å². The van der Waals surface area contributed by atoms with Crippen molar-refractivity contribution in [2.24, 2.45) is 0 Å². The van der Waals surface area contributed by atoms with Crippen molar-refractivity contribution in [2.75, 3.05) is 11.8 Å². The van der Waals surface area contributed by atoms with Crippen molar-refractivity contribution >= 4 is 50.2 Å². The first-order valence-electron chi connectivity index (χ1n) is 4.90. The maximum Gasteiger partial charge on any atom is 0.264 e. The number of pyridine rings is 1. The molecular formula is C10H8Cl2N2O3S2. The summed E-state index contributed by atoms with van der Waals surface area (Å²) in [6.45, 7) is 0. The van der Waals surface area contributed by atoms with Crippen LogP contribution >= 0.6 is 34.5 Å². The SMILES string of the molecule is COc1ccc(NS(=O)(=O)c2cc(Cl)sc2Cl)cn1. The first-order valence-corrected chi connectivity index (χ1v) is 7.95. The fourth-order valence-electron chi connectivity index (χ4n) is 1.28. The molecule has 0 aliphatic heterocycles. The van der Waals surface area contributed by atoms with Crippen molar-refractivity contribution in [2.45, 2.75) is 4.90 Å². The van der Waals surface area contributed by atoms with E-state index < -0.39 is 10.0 Å². The van der Waals surface area contributed by atoms with Gasteiger partial charge in [0.25, 0.3) is 10.0 Å². The van der Waals surface area contributed by atoms with E-state index in [0.29, 0.717) is 15.9 Å². The fraction of sp³-hybridized carbons (Fsp3) is 0.100. The van der Waals surface area contributed by atoms with Gasteiger partial charge in [0.2, 0.25) is 5.88 Å². The number of nitrogens with zero attached hydrogens (tertiary/aromatic N) is 1. The Morgan fingerprint density at radius 2 is 2.11 bits per heavy atom. The maximum absolute atomic E-state index is 12.1. The summed E-state index contributed by atoms with van der Waals surface area (Å²) >= 11 is 12.5. The Morgan fingerprint density at radius 1 is 1.37 bits per heavy atom. The van der Waals surface area contributed by atoms with E-state index in [1.807, 2.05) is 0 Å². The number of ether oxygens (including phenoxy) is 1. The predicted octanol–water partition coefficient (Wildman–Crippen LogP) is 3.26. The second-order valence-electron chi connectivity index (χ2n) is 3.38. The predicted molar refractivity (Wildman–Crippen MR) is 75.9 cm³/mol. The average molecular weight is 339 g/mol. The van der Waals surface area contributed by atoms with Gasteiger partial charge in [-0.05, 0) is 12.1 Å². The molecule has 1 N–H and O–H groups in total. The van der Waals surface area contributed by atoms with Crippen molar-refractivity contribution in [3.05, 3.63) is 33.1 Å². The second kappa shape index (κ2) is 5.54. The lowest BCUT2D eigenvalue weighted by atomic mass is 10.4. The molecule has 102 valence electrons. The van der Waals surface area contributed by atoms with Gasteiger partial charge in [0.05, 0.1) is 23.3 Å². The van der Waals surface area contributed by atoms with Gasteiger partial charge in [-0.2, -0.15) is 0 Å². The van der Waals surface area contributed by atoms with E-state index in [1.165, 1.54) is 25.4 Å². The van der Waals surface area contributed by atoms with E-state index in [0.717, 1.165) is 11.3 Å². The Balaban J connectivity index is 2.28. The van der Waals surface area contributed by atoms with E-state index >= 15 is 0 Å². The van der Waals surface area contributed by atoms with Crippen molar-refractivity contribution in [1.82, 2.24) is 4.98 Å². The Hall–Kier alpha value is -1.02. The highest BCUT2D eigenvalue weighted by molar-refractivity contribution is 7.93. The quantitative estimate of drug-likeness (QED) is 0.928. The lowest BCUT2D eigenvalue weighted by Gasteiger charge is -2.07. The Morgan fingerprint density at radius 3 is 2.58 bits per heavy atom. The number of methoxy groups -OCH3 is 1. The molecule has 0 aliphatic carbocycles. The van der Waals surface area contributed by atoms with E-state index in [9.17, 15) is 8.42 Å². The summed E-state index contributed by atoms with van der Waals surface area (Å²) in [7, 11) is -2.31. The number of hydrogen-bond donors (Lipinski definition) is 1. The zero-order chi connectivity index (χ0) is 14.0. The zero-order valence-electron chi connectivity index (χ0n) is 9.55. The van der Waals surface area contributed by atoms with Crippen LogP contribution in [0.1, 0.15) is 0 Å². The van der Waals surface area contributed by atoms with Gasteiger partial charge in [0.15, 0.2) is 0 Å². The second-order valence-corrected chi connectivity index (χ2v) is 7.32. The number of halogens is 2. The summed E-state index contributed by atoms with van der Waals surface area (Å²) in [5, 5.41) is 0. The largest absolute Gasteiger partial charge is 0.481 e. The standard InChI is InChI=1S/C10H8Cl2N2O3S2/c1-17-9-3-2-6(5-13-9)14-19(15,16)7-4-8(11)18-10(7)12/h2-5,14H,1H3. The topological polar surface area (TPSA) is 68.3 Å². The van der Waals surface area contributed by atoms with E-state index in [4.69, 9.17) is 27.9 Å². The molecule has 0 amide bonds. The molecule has 0 saturated carbocycles. The molecular weight excluding hydrogens is 331 g/mol. The lowest BCUT2D eigenvalue weighted by Crippen LogP contribution is -2.12. The number of nitrogens with one attached hydrogen (secondary N) is 1. The summed E-state index contributed by atoms with van der Waals surface area (Å²) in [4.78, 5) is 3.84. The molecule has 2 aromatic rings. The number of thiophene rings is 1. The molecule has 19 heavy (non-hydrogen) atoms. The van der Waals surface area contributed by atoms with Gasteiger partial charge < -0.3 is 4.74 Å². The molecule has 0 aromatic carbocycles. The number of sulfonamides is 1. The third kappa shape index (κ3) is 3.30. The minimum absolute atomic E-state index is 0.0556. The lowest BCUT2D eigenvalue weighted by molar-refractivity contribution is 0.398. The van der Waals surface area contributed by atoms with Crippen LogP contribution < -0.4 is 9.46 Å². The molecule has 0 aliphatic rings. The molecule has 0 unspecified atom stereocenters. The average Bonchev–Trinajstić information content (AvgIpc) is 2.70. The third-order valence-corrected chi connectivity index (χ3v) is 5.25. The molecule has 2 rings (SSSR count). The number of rotatable bonds is 4. The Bertz CT molecular complexity index is 683. The molecule has 2 heterocycles. The van der Waals surface area contributed by atoms with Crippen molar-refractivity contribution in [3.63, 3.8) is 0 Å². The van der Waals surface area contributed by atoms with Crippen molar-refractivity contribution in [1.29, 1.82) is 0 Å². The monoisotopic (exact) mass is 338 g/mol. The summed E-state index contributed by atoms with van der Waals surface area (Å²) < 4.78 is 31.8. The van der Waals surface area contributed by atoms with E-state index in [1.54, 1.807) is 6.07 Å². The number of hydrogen-bond acceptors (Lipinski definition) is 5. The summed E-state index contributed by atoms with van der Waals surface area (Å²) in [6.07, 6.45) is 1.35. The third-order valence-electron chi connectivity index (χ3n) is 2.11. The fourth-order valence-corrected chi connectivity index (χ4v) is 4.47. The van der Waals surface area contributed by atoms with Gasteiger partial charge in [-0.25, -0.2) is 13.4 Å². The van der Waals surface area contributed by atoms with Crippen LogP contribution in [0.15, 0.2) is 29.3 Å². The van der Waals surface area contributed by atoms with E-state index in [-0.39, 0.29) is 9.23 Å². The minimum atomic E-state index is -3.78. The highest BCUT2D eigenvalue weighted by Gasteiger charge is 2.21. The van der Waals surface area contributed by atoms with Crippen molar-refractivity contribution in [3.8, 4) is 5.88 Å². The van der Waals surface area contributed by atoms with Gasteiger partial charge in [-0.1, -0.05) is 23.2 Å². The number of anilines is 1. The van der Waals surface area contributed by atoms with Gasteiger partial charge >= 0.3 is 0 Å². The molecule has 0 fully saturated rings. The normalized spacial score (nSPS) is 11.3. The molecule has 0 bridgehead atoms. The van der Waals surface area contributed by atoms with Gasteiger partial charge in [0.1, 0.15) is 9.23 Å². The van der Waals surface area contributed by atoms with Gasteiger partial charge in [-0.3, -0.25) is 4.72 Å². The zero-order valence-corrected chi connectivity index (χ0v) is 12.7. The summed E-state index contributed by atoms with van der Waals surface area (Å²) in [5.74, 6) is 0.388. The van der Waals surface area contributed by atoms with Crippen LogP contribution in [0.3, 0.4) is 0 Å². The van der Waals surface area contributed by atoms with Crippen molar-refractivity contribution < 1.29 is 13.2 Å². The Kier molecular flexibility index (Phi) is 4.19. The smallest absolute Gasteiger partial charge is 0.264 e.